The summed E-state index contributed by atoms with van der Waals surface area (Å²) in [6.45, 7) is 12.2. The average Bonchev–Trinajstić information content (AvgIpc) is 2.04. The summed E-state index contributed by atoms with van der Waals surface area (Å²) in [4.78, 5) is 11.0. The van der Waals surface area contributed by atoms with Gasteiger partial charge in [0.25, 0.3) is 0 Å². The van der Waals surface area contributed by atoms with Crippen molar-refractivity contribution in [2.24, 2.45) is 0 Å². The second-order valence-corrected chi connectivity index (χ2v) is 2.94. The molecule has 2 heteroatoms. The van der Waals surface area contributed by atoms with Crippen LogP contribution >= 0.6 is 0 Å². The van der Waals surface area contributed by atoms with Gasteiger partial charge in [-0.15, -0.1) is 0 Å². The first-order chi connectivity index (χ1) is 6.07. The Kier molecular flexibility index (Phi) is 5.94. The van der Waals surface area contributed by atoms with Crippen molar-refractivity contribution >= 4 is 5.97 Å². The molecule has 0 saturated heterocycles. The summed E-state index contributed by atoms with van der Waals surface area (Å²) in [6, 6.07) is 0. The van der Waals surface area contributed by atoms with Crippen LogP contribution in [0, 0.1) is 6.92 Å². The predicted octanol–water partition coefficient (Wildman–Crippen LogP) is 2.54. The SMILES string of the molecule is [CH]CC=CCC(C)OC(=O)C(=C)C. The van der Waals surface area contributed by atoms with Gasteiger partial charge >= 0.3 is 5.97 Å². The van der Waals surface area contributed by atoms with Crippen LogP contribution < -0.4 is 0 Å². The highest BCUT2D eigenvalue weighted by atomic mass is 16.5. The van der Waals surface area contributed by atoms with Crippen molar-refractivity contribution in [2.45, 2.75) is 32.8 Å². The highest BCUT2D eigenvalue weighted by molar-refractivity contribution is 5.87. The van der Waals surface area contributed by atoms with Crippen LogP contribution in [-0.4, -0.2) is 12.1 Å². The van der Waals surface area contributed by atoms with Crippen LogP contribution in [0.2, 0.25) is 0 Å². The fraction of sp³-hybridized carbons (Fsp3) is 0.455. The van der Waals surface area contributed by atoms with Crippen LogP contribution in [0.25, 0.3) is 0 Å². The Hall–Kier alpha value is -1.05. The van der Waals surface area contributed by atoms with E-state index in [9.17, 15) is 4.79 Å². The molecule has 0 aliphatic rings. The summed E-state index contributed by atoms with van der Waals surface area (Å²) in [5, 5.41) is 0. The van der Waals surface area contributed by atoms with E-state index in [1.165, 1.54) is 0 Å². The van der Waals surface area contributed by atoms with Gasteiger partial charge in [0.1, 0.15) is 6.10 Å². The molecule has 0 amide bonds. The van der Waals surface area contributed by atoms with E-state index in [-0.39, 0.29) is 12.1 Å². The molecule has 0 aliphatic carbocycles. The average molecular weight is 180 g/mol. The second-order valence-electron chi connectivity index (χ2n) is 2.94. The third-order valence-electron chi connectivity index (χ3n) is 1.43. The largest absolute Gasteiger partial charge is 0.459 e. The minimum absolute atomic E-state index is 0.119. The van der Waals surface area contributed by atoms with Gasteiger partial charge < -0.3 is 4.74 Å². The molecule has 0 rings (SSSR count). The van der Waals surface area contributed by atoms with Gasteiger partial charge in [-0.3, -0.25) is 0 Å². The normalized spacial score (nSPS) is 12.8. The number of ether oxygens (including phenoxy) is 1. The highest BCUT2D eigenvalue weighted by Gasteiger charge is 2.07. The van der Waals surface area contributed by atoms with Crippen molar-refractivity contribution in [1.29, 1.82) is 0 Å². The molecule has 1 atom stereocenters. The molecule has 13 heavy (non-hydrogen) atoms. The zero-order valence-electron chi connectivity index (χ0n) is 8.25. The standard InChI is InChI=1S/C11H16O2/c1-5-6-7-8-10(4)13-11(12)9(2)3/h1,6-7,10H,2,5,8H2,3-4H3. The van der Waals surface area contributed by atoms with E-state index in [1.54, 1.807) is 6.92 Å². The van der Waals surface area contributed by atoms with E-state index in [2.05, 4.69) is 6.58 Å². The second kappa shape index (κ2) is 6.46. The number of hydrogen-bond donors (Lipinski definition) is 0. The molecule has 2 radical (unpaired) electrons. The molecular weight excluding hydrogens is 164 g/mol. The third kappa shape index (κ3) is 6.14. The minimum Gasteiger partial charge on any atom is -0.459 e. The Morgan fingerprint density at radius 3 is 2.69 bits per heavy atom. The van der Waals surface area contributed by atoms with Crippen LogP contribution in [0.3, 0.4) is 0 Å². The molecule has 0 aromatic rings. The lowest BCUT2D eigenvalue weighted by Crippen LogP contribution is -2.14. The van der Waals surface area contributed by atoms with Gasteiger partial charge in [0, 0.05) is 12.0 Å². The Bertz CT molecular complexity index is 204. The zero-order chi connectivity index (χ0) is 10.3. The zero-order valence-corrected chi connectivity index (χ0v) is 8.25. The smallest absolute Gasteiger partial charge is 0.333 e. The minimum atomic E-state index is -0.339. The van der Waals surface area contributed by atoms with Gasteiger partial charge in [-0.05, 0) is 27.2 Å². The summed E-state index contributed by atoms with van der Waals surface area (Å²) in [6.07, 6.45) is 4.82. The quantitative estimate of drug-likeness (QED) is 0.369. The Morgan fingerprint density at radius 2 is 2.23 bits per heavy atom. The number of rotatable bonds is 5. The number of carbonyl (C=O) groups excluding carboxylic acids is 1. The maximum absolute atomic E-state index is 11.0. The number of carbonyl (C=O) groups is 1. The molecule has 0 spiro atoms. The highest BCUT2D eigenvalue weighted by Crippen LogP contribution is 2.03. The van der Waals surface area contributed by atoms with Gasteiger partial charge in [-0.1, -0.05) is 18.7 Å². The summed E-state index contributed by atoms with van der Waals surface area (Å²) < 4.78 is 5.03. The molecule has 0 aliphatic heterocycles. The van der Waals surface area contributed by atoms with Crippen molar-refractivity contribution in [1.82, 2.24) is 0 Å². The lowest BCUT2D eigenvalue weighted by molar-refractivity contribution is -0.143. The van der Waals surface area contributed by atoms with Crippen molar-refractivity contribution in [2.75, 3.05) is 0 Å². The van der Waals surface area contributed by atoms with E-state index >= 15 is 0 Å². The number of allylic oxidation sites excluding steroid dienone is 1. The topological polar surface area (TPSA) is 26.3 Å². The van der Waals surface area contributed by atoms with Crippen LogP contribution in [0.15, 0.2) is 24.3 Å². The van der Waals surface area contributed by atoms with Gasteiger partial charge in [0.05, 0.1) is 0 Å². The van der Waals surface area contributed by atoms with E-state index in [4.69, 9.17) is 11.7 Å². The molecule has 0 heterocycles. The van der Waals surface area contributed by atoms with Crippen LogP contribution in [-0.2, 0) is 9.53 Å². The molecule has 0 aromatic carbocycles. The first kappa shape index (κ1) is 11.9. The third-order valence-corrected chi connectivity index (χ3v) is 1.43. The van der Waals surface area contributed by atoms with Crippen molar-refractivity contribution in [3.8, 4) is 0 Å². The van der Waals surface area contributed by atoms with Gasteiger partial charge in [0.2, 0.25) is 0 Å². The van der Waals surface area contributed by atoms with Crippen molar-refractivity contribution in [3.05, 3.63) is 31.2 Å². The summed E-state index contributed by atoms with van der Waals surface area (Å²) in [7, 11) is 0. The maximum Gasteiger partial charge on any atom is 0.333 e. The van der Waals surface area contributed by atoms with Crippen LogP contribution in [0.4, 0.5) is 0 Å². The molecule has 0 fully saturated rings. The molecule has 2 nitrogen and oxygen atoms in total. The molecule has 0 saturated carbocycles. The molecular formula is C11H16O2. The fourth-order valence-corrected chi connectivity index (χ4v) is 0.716. The molecule has 72 valence electrons. The predicted molar refractivity (Wildman–Crippen MR) is 53.0 cm³/mol. The van der Waals surface area contributed by atoms with E-state index in [0.29, 0.717) is 18.4 Å². The van der Waals surface area contributed by atoms with Crippen molar-refractivity contribution < 1.29 is 9.53 Å². The van der Waals surface area contributed by atoms with Crippen LogP contribution in [0.1, 0.15) is 26.7 Å². The monoisotopic (exact) mass is 180 g/mol. The van der Waals surface area contributed by atoms with E-state index < -0.39 is 0 Å². The number of esters is 1. The molecule has 0 N–H and O–H groups in total. The Labute approximate surface area is 80.3 Å². The lowest BCUT2D eigenvalue weighted by Gasteiger charge is -2.10. The fourth-order valence-electron chi connectivity index (χ4n) is 0.716. The molecule has 1 unspecified atom stereocenters. The summed E-state index contributed by atoms with van der Waals surface area (Å²) in [5.74, 6) is -0.339. The number of hydrogen-bond acceptors (Lipinski definition) is 2. The first-order valence-electron chi connectivity index (χ1n) is 4.29. The van der Waals surface area contributed by atoms with Crippen LogP contribution in [0.5, 0.6) is 0 Å². The first-order valence-corrected chi connectivity index (χ1v) is 4.29. The van der Waals surface area contributed by atoms with E-state index in [1.807, 2.05) is 19.1 Å². The lowest BCUT2D eigenvalue weighted by atomic mass is 10.2. The maximum atomic E-state index is 11.0. The summed E-state index contributed by atoms with van der Waals surface area (Å²) >= 11 is 0. The summed E-state index contributed by atoms with van der Waals surface area (Å²) in [5.41, 5.74) is 0.426. The van der Waals surface area contributed by atoms with Gasteiger partial charge in [0.15, 0.2) is 0 Å². The molecule has 0 aromatic heterocycles. The Balaban J connectivity index is 3.74. The van der Waals surface area contributed by atoms with Gasteiger partial charge in [-0.25, -0.2) is 4.79 Å². The van der Waals surface area contributed by atoms with E-state index in [0.717, 1.165) is 0 Å². The van der Waals surface area contributed by atoms with Gasteiger partial charge in [-0.2, -0.15) is 0 Å². The van der Waals surface area contributed by atoms with Crippen molar-refractivity contribution in [3.63, 3.8) is 0 Å². The molecule has 0 bridgehead atoms. The Morgan fingerprint density at radius 1 is 1.62 bits per heavy atom.